The van der Waals surface area contributed by atoms with E-state index in [1.165, 1.54) is 0 Å². The van der Waals surface area contributed by atoms with Crippen LogP contribution < -0.4 is 4.08 Å². The maximum atomic E-state index is 10.8. The summed E-state index contributed by atoms with van der Waals surface area (Å²) in [5.41, 5.74) is 3.86. The van der Waals surface area contributed by atoms with Crippen LogP contribution in [0.15, 0.2) is 57.9 Å². The van der Waals surface area contributed by atoms with Gasteiger partial charge in [0.05, 0.1) is 0 Å². The standard InChI is InChI=1S/C18H17N2O2PS/c1-12-13(2)22-19-18(12)20(23)24-17-6-4-3-5-16(17)15-9-7-14(11-21)8-10-15/h3-11H,23H2,1-2H3. The number of hydrogen-bond acceptors (Lipinski definition) is 5. The van der Waals surface area contributed by atoms with Gasteiger partial charge in [-0.15, -0.1) is 0 Å². The van der Waals surface area contributed by atoms with Crippen molar-refractivity contribution in [3.63, 3.8) is 0 Å². The van der Waals surface area contributed by atoms with Gasteiger partial charge in [0, 0.05) is 16.0 Å². The van der Waals surface area contributed by atoms with Crippen molar-refractivity contribution in [1.29, 1.82) is 0 Å². The Balaban J connectivity index is 1.91. The van der Waals surface area contributed by atoms with E-state index in [0.717, 1.165) is 39.5 Å². The van der Waals surface area contributed by atoms with Crippen LogP contribution >= 0.6 is 21.3 Å². The third-order valence-corrected chi connectivity index (χ3v) is 5.27. The highest BCUT2D eigenvalue weighted by molar-refractivity contribution is 8.04. The fraction of sp³-hybridized carbons (Fsp3) is 0.111. The molecule has 0 amide bonds. The van der Waals surface area contributed by atoms with Gasteiger partial charge in [-0.3, -0.25) is 8.87 Å². The predicted octanol–water partition coefficient (Wildman–Crippen LogP) is 5.07. The predicted molar refractivity (Wildman–Crippen MR) is 101 cm³/mol. The Hall–Kier alpha value is -2.10. The van der Waals surface area contributed by atoms with Crippen LogP contribution in [-0.2, 0) is 0 Å². The third-order valence-electron chi connectivity index (χ3n) is 3.78. The second-order valence-electron chi connectivity index (χ2n) is 5.34. The number of carbonyl (C=O) groups excluding carboxylic acids is 1. The van der Waals surface area contributed by atoms with Crippen LogP contribution in [0.3, 0.4) is 0 Å². The summed E-state index contributed by atoms with van der Waals surface area (Å²) in [6, 6.07) is 15.7. The van der Waals surface area contributed by atoms with Gasteiger partial charge in [0.1, 0.15) is 12.0 Å². The van der Waals surface area contributed by atoms with E-state index in [-0.39, 0.29) is 0 Å². The number of hydrogen-bond donors (Lipinski definition) is 0. The van der Waals surface area contributed by atoms with Crippen LogP contribution in [-0.4, -0.2) is 11.4 Å². The monoisotopic (exact) mass is 356 g/mol. The quantitative estimate of drug-likeness (QED) is 0.363. The molecule has 0 saturated carbocycles. The molecule has 0 saturated heterocycles. The molecule has 0 N–H and O–H groups in total. The summed E-state index contributed by atoms with van der Waals surface area (Å²) < 4.78 is 7.16. The molecule has 3 aromatic rings. The summed E-state index contributed by atoms with van der Waals surface area (Å²) in [5.74, 6) is 1.60. The average molecular weight is 356 g/mol. The van der Waals surface area contributed by atoms with E-state index in [2.05, 4.69) is 26.7 Å². The highest BCUT2D eigenvalue weighted by Crippen LogP contribution is 2.39. The topological polar surface area (TPSA) is 46.3 Å². The highest BCUT2D eigenvalue weighted by atomic mass is 32.2. The number of rotatable bonds is 5. The molecular formula is C18H17N2O2PS. The first kappa shape index (κ1) is 16.7. The summed E-state index contributed by atoms with van der Waals surface area (Å²) in [6.45, 7) is 3.89. The van der Waals surface area contributed by atoms with Gasteiger partial charge in [-0.2, -0.15) is 0 Å². The average Bonchev–Trinajstić information content (AvgIpc) is 2.95. The van der Waals surface area contributed by atoms with Gasteiger partial charge in [0.15, 0.2) is 5.82 Å². The zero-order valence-corrected chi connectivity index (χ0v) is 15.4. The SMILES string of the molecule is Cc1onc(N(P)Sc2ccccc2-c2ccc(C=O)cc2)c1C. The van der Waals surface area contributed by atoms with E-state index in [1.54, 1.807) is 11.9 Å². The lowest BCUT2D eigenvalue weighted by atomic mass is 10.0. The summed E-state index contributed by atoms with van der Waals surface area (Å²) in [5, 5.41) is 4.11. The molecule has 0 bridgehead atoms. The summed E-state index contributed by atoms with van der Waals surface area (Å²) >= 11 is 1.56. The van der Waals surface area contributed by atoms with Crippen molar-refractivity contribution in [2.45, 2.75) is 18.7 Å². The van der Waals surface area contributed by atoms with E-state index < -0.39 is 0 Å². The van der Waals surface area contributed by atoms with Crippen LogP contribution in [0.5, 0.6) is 0 Å². The Bertz CT molecular complexity index is 862. The molecule has 3 rings (SSSR count). The number of nitrogens with zero attached hydrogens (tertiary/aromatic N) is 2. The van der Waals surface area contributed by atoms with E-state index in [0.29, 0.717) is 5.56 Å². The lowest BCUT2D eigenvalue weighted by molar-refractivity contribution is 0.112. The molecule has 0 aliphatic rings. The van der Waals surface area contributed by atoms with Crippen LogP contribution in [0.2, 0.25) is 0 Å². The first-order chi connectivity index (χ1) is 11.6. The second-order valence-corrected chi connectivity index (χ2v) is 7.25. The lowest BCUT2D eigenvalue weighted by Crippen LogP contribution is -2.00. The molecule has 0 fully saturated rings. The summed E-state index contributed by atoms with van der Waals surface area (Å²) in [4.78, 5) is 11.9. The molecule has 0 radical (unpaired) electrons. The minimum atomic E-state index is 0.672. The normalized spacial score (nSPS) is 10.6. The second kappa shape index (κ2) is 7.20. The van der Waals surface area contributed by atoms with E-state index in [1.807, 2.05) is 54.3 Å². The largest absolute Gasteiger partial charge is 0.359 e. The van der Waals surface area contributed by atoms with Crippen molar-refractivity contribution in [2.24, 2.45) is 0 Å². The lowest BCUT2D eigenvalue weighted by Gasteiger charge is -2.17. The summed E-state index contributed by atoms with van der Waals surface area (Å²) in [6.07, 6.45) is 0.852. The Morgan fingerprint density at radius 2 is 1.83 bits per heavy atom. The number of aromatic nitrogens is 1. The van der Waals surface area contributed by atoms with Gasteiger partial charge < -0.3 is 4.52 Å². The number of benzene rings is 2. The Morgan fingerprint density at radius 3 is 2.46 bits per heavy atom. The Labute approximate surface area is 147 Å². The number of aryl methyl sites for hydroxylation is 1. The zero-order valence-electron chi connectivity index (χ0n) is 13.4. The van der Waals surface area contributed by atoms with Crippen molar-refractivity contribution < 1.29 is 9.32 Å². The molecule has 0 aliphatic heterocycles. The van der Waals surface area contributed by atoms with Crippen LogP contribution in [0.4, 0.5) is 5.82 Å². The Kier molecular flexibility index (Phi) is 5.03. The zero-order chi connectivity index (χ0) is 17.1. The van der Waals surface area contributed by atoms with Crippen molar-refractivity contribution in [3.05, 3.63) is 65.4 Å². The van der Waals surface area contributed by atoms with Crippen LogP contribution in [0.25, 0.3) is 11.1 Å². The fourth-order valence-corrected chi connectivity index (χ4v) is 3.76. The highest BCUT2D eigenvalue weighted by Gasteiger charge is 2.16. The molecule has 1 atom stereocenters. The number of carbonyl (C=O) groups is 1. The van der Waals surface area contributed by atoms with Crippen LogP contribution in [0.1, 0.15) is 21.7 Å². The van der Waals surface area contributed by atoms with Crippen LogP contribution in [0, 0.1) is 13.8 Å². The van der Waals surface area contributed by atoms with Gasteiger partial charge in [0.25, 0.3) is 0 Å². The van der Waals surface area contributed by atoms with Crippen molar-refractivity contribution in [3.8, 4) is 11.1 Å². The van der Waals surface area contributed by atoms with Gasteiger partial charge in [-0.05, 0) is 52.4 Å². The van der Waals surface area contributed by atoms with Gasteiger partial charge >= 0.3 is 0 Å². The molecule has 2 aromatic carbocycles. The van der Waals surface area contributed by atoms with E-state index in [9.17, 15) is 4.79 Å². The molecule has 6 heteroatoms. The van der Waals surface area contributed by atoms with Crippen molar-refractivity contribution in [2.75, 3.05) is 4.08 Å². The molecular weight excluding hydrogens is 339 g/mol. The molecule has 1 unspecified atom stereocenters. The van der Waals surface area contributed by atoms with E-state index >= 15 is 0 Å². The first-order valence-electron chi connectivity index (χ1n) is 7.40. The van der Waals surface area contributed by atoms with Gasteiger partial charge in [-0.1, -0.05) is 47.6 Å². The smallest absolute Gasteiger partial charge is 0.188 e. The molecule has 122 valence electrons. The molecule has 0 aliphatic carbocycles. The molecule has 1 heterocycles. The molecule has 24 heavy (non-hydrogen) atoms. The first-order valence-corrected chi connectivity index (χ1v) is 8.69. The van der Waals surface area contributed by atoms with Gasteiger partial charge in [0.2, 0.25) is 0 Å². The van der Waals surface area contributed by atoms with Crippen molar-refractivity contribution >= 4 is 33.4 Å². The maximum absolute atomic E-state index is 10.8. The minimum absolute atomic E-state index is 0.672. The molecule has 0 spiro atoms. The minimum Gasteiger partial charge on any atom is -0.359 e. The van der Waals surface area contributed by atoms with E-state index in [4.69, 9.17) is 4.52 Å². The maximum Gasteiger partial charge on any atom is 0.188 e. The number of aldehydes is 1. The number of anilines is 1. The Morgan fingerprint density at radius 1 is 1.12 bits per heavy atom. The van der Waals surface area contributed by atoms with Crippen molar-refractivity contribution in [1.82, 2.24) is 5.16 Å². The van der Waals surface area contributed by atoms with Gasteiger partial charge in [-0.25, -0.2) is 0 Å². The molecule has 4 nitrogen and oxygen atoms in total. The summed E-state index contributed by atoms with van der Waals surface area (Å²) in [7, 11) is 2.67. The molecule has 1 aromatic heterocycles. The third kappa shape index (κ3) is 3.37. The fourth-order valence-electron chi connectivity index (χ4n) is 2.29.